The van der Waals surface area contributed by atoms with Crippen LogP contribution in [0.25, 0.3) is 11.0 Å². The second-order valence-electron chi connectivity index (χ2n) is 7.43. The number of pyridine rings is 1. The normalized spacial score (nSPS) is 13.2. The Bertz CT molecular complexity index is 1310. The van der Waals surface area contributed by atoms with Crippen molar-refractivity contribution in [3.63, 3.8) is 0 Å². The number of carbonyl (C=O) groups is 2. The molecule has 31 heavy (non-hydrogen) atoms. The van der Waals surface area contributed by atoms with Crippen LogP contribution in [0.1, 0.15) is 45.2 Å². The molecule has 1 saturated carbocycles. The maximum absolute atomic E-state index is 13.6. The summed E-state index contributed by atoms with van der Waals surface area (Å²) in [4.78, 5) is 55.1. The molecule has 0 saturated heterocycles. The van der Waals surface area contributed by atoms with E-state index in [2.05, 4.69) is 20.6 Å². The van der Waals surface area contributed by atoms with Crippen LogP contribution in [0, 0.1) is 12.7 Å². The van der Waals surface area contributed by atoms with Crippen molar-refractivity contribution in [1.82, 2.24) is 25.2 Å². The summed E-state index contributed by atoms with van der Waals surface area (Å²) >= 11 is 0. The van der Waals surface area contributed by atoms with Gasteiger partial charge in [0, 0.05) is 30.9 Å². The molecule has 1 fully saturated rings. The number of aromatic nitrogens is 3. The quantitative estimate of drug-likeness (QED) is 0.509. The molecule has 0 atom stereocenters. The topological polar surface area (TPSA) is 126 Å². The summed E-state index contributed by atoms with van der Waals surface area (Å²) in [5.74, 6) is -1.40. The number of rotatable bonds is 6. The Morgan fingerprint density at radius 2 is 1.81 bits per heavy atom. The number of carbonyl (C=O) groups excluding carboxylic acids is 2. The smallest absolute Gasteiger partial charge is 0.330 e. The van der Waals surface area contributed by atoms with Crippen LogP contribution in [0.2, 0.25) is 0 Å². The molecule has 4 rings (SSSR count). The number of H-pyrrole nitrogens is 1. The minimum Gasteiger partial charge on any atom is -0.350 e. The molecule has 10 heteroatoms. The molecule has 3 aromatic rings. The van der Waals surface area contributed by atoms with Crippen LogP contribution in [-0.2, 0) is 0 Å². The molecule has 3 N–H and O–H groups in total. The van der Waals surface area contributed by atoms with E-state index in [1.54, 1.807) is 6.92 Å². The minimum absolute atomic E-state index is 0.0182. The number of aromatic amines is 1. The molecule has 2 aromatic heterocycles. The van der Waals surface area contributed by atoms with Gasteiger partial charge in [0.05, 0.1) is 10.9 Å². The Hall–Kier alpha value is -3.82. The van der Waals surface area contributed by atoms with Gasteiger partial charge >= 0.3 is 5.69 Å². The Morgan fingerprint density at radius 3 is 2.45 bits per heavy atom. The van der Waals surface area contributed by atoms with Gasteiger partial charge in [-0.15, -0.1) is 0 Å². The fraction of sp³-hybridized carbons (Fsp3) is 0.286. The number of amides is 2. The Balaban J connectivity index is 1.39. The van der Waals surface area contributed by atoms with Crippen molar-refractivity contribution < 1.29 is 14.0 Å². The molecule has 2 amide bonds. The number of fused-ring (bicyclic) bond motifs is 1. The molecule has 0 spiro atoms. The van der Waals surface area contributed by atoms with Gasteiger partial charge in [-0.2, -0.15) is 0 Å². The van der Waals surface area contributed by atoms with Gasteiger partial charge in [0.2, 0.25) is 0 Å². The lowest BCUT2D eigenvalue weighted by Gasteiger charge is -2.10. The number of hydrogen-bond donors (Lipinski definition) is 3. The lowest BCUT2D eigenvalue weighted by molar-refractivity contribution is 0.0927. The summed E-state index contributed by atoms with van der Waals surface area (Å²) in [6, 6.07) is 5.60. The first-order chi connectivity index (χ1) is 14.8. The van der Waals surface area contributed by atoms with Crippen molar-refractivity contribution >= 4 is 22.8 Å². The van der Waals surface area contributed by atoms with E-state index < -0.39 is 28.9 Å². The number of nitrogens with zero attached hydrogens (tertiary/aromatic N) is 2. The van der Waals surface area contributed by atoms with Crippen molar-refractivity contribution in [2.45, 2.75) is 25.8 Å². The number of hydrogen-bond acceptors (Lipinski definition) is 5. The van der Waals surface area contributed by atoms with Gasteiger partial charge in [-0.1, -0.05) is 6.07 Å². The highest BCUT2D eigenvalue weighted by Crippen LogP contribution is 2.34. The number of nitrogens with one attached hydrogen (secondary N) is 3. The summed E-state index contributed by atoms with van der Waals surface area (Å²) in [5, 5.41) is 5.38. The molecule has 1 aliphatic carbocycles. The Labute approximate surface area is 175 Å². The van der Waals surface area contributed by atoms with Crippen molar-refractivity contribution in [2.75, 3.05) is 13.1 Å². The predicted octanol–water partition coefficient (Wildman–Crippen LogP) is 1.03. The highest BCUT2D eigenvalue weighted by atomic mass is 19.1. The molecule has 160 valence electrons. The average Bonchev–Trinajstić information content (AvgIpc) is 3.57. The van der Waals surface area contributed by atoms with E-state index in [1.165, 1.54) is 29.0 Å². The van der Waals surface area contributed by atoms with Crippen LogP contribution in [0.4, 0.5) is 4.39 Å². The van der Waals surface area contributed by atoms with Gasteiger partial charge in [-0.3, -0.25) is 23.9 Å². The first kappa shape index (κ1) is 20.5. The number of halogens is 1. The molecule has 9 nitrogen and oxygen atoms in total. The molecule has 1 aromatic carbocycles. The highest BCUT2D eigenvalue weighted by molar-refractivity contribution is 5.97. The van der Waals surface area contributed by atoms with Gasteiger partial charge in [-0.25, -0.2) is 14.2 Å². The van der Waals surface area contributed by atoms with Crippen molar-refractivity contribution in [2.24, 2.45) is 0 Å². The van der Waals surface area contributed by atoms with Crippen LogP contribution >= 0.6 is 0 Å². The lowest BCUT2D eigenvalue weighted by atomic mass is 10.1. The molecule has 1 aliphatic rings. The third-order valence-corrected chi connectivity index (χ3v) is 5.08. The van der Waals surface area contributed by atoms with Gasteiger partial charge in [0.15, 0.2) is 0 Å². The van der Waals surface area contributed by atoms with E-state index in [-0.39, 0.29) is 41.3 Å². The van der Waals surface area contributed by atoms with E-state index in [4.69, 9.17) is 0 Å². The third-order valence-electron chi connectivity index (χ3n) is 5.08. The second kappa shape index (κ2) is 8.13. The lowest BCUT2D eigenvalue weighted by Crippen LogP contribution is -2.35. The first-order valence-corrected chi connectivity index (χ1v) is 9.82. The van der Waals surface area contributed by atoms with E-state index in [0.717, 1.165) is 18.9 Å². The van der Waals surface area contributed by atoms with Gasteiger partial charge in [-0.05, 0) is 43.5 Å². The van der Waals surface area contributed by atoms with Crippen LogP contribution in [0.3, 0.4) is 0 Å². The number of benzene rings is 1. The van der Waals surface area contributed by atoms with Crippen molar-refractivity contribution in [1.29, 1.82) is 0 Å². The van der Waals surface area contributed by atoms with Crippen LogP contribution in [-0.4, -0.2) is 39.4 Å². The maximum atomic E-state index is 13.6. The van der Waals surface area contributed by atoms with Gasteiger partial charge in [0.1, 0.15) is 11.5 Å². The zero-order chi connectivity index (χ0) is 22.1. The monoisotopic (exact) mass is 425 g/mol. The van der Waals surface area contributed by atoms with Crippen LogP contribution in [0.15, 0.2) is 40.1 Å². The predicted molar refractivity (Wildman–Crippen MR) is 111 cm³/mol. The molecule has 0 radical (unpaired) electrons. The van der Waals surface area contributed by atoms with Crippen molar-refractivity contribution in [3.05, 3.63) is 73.8 Å². The molecular formula is C21H20FN5O4. The summed E-state index contributed by atoms with van der Waals surface area (Å²) in [5.41, 5.74) is -0.0586. The maximum Gasteiger partial charge on any atom is 0.330 e. The third kappa shape index (κ3) is 4.23. The fourth-order valence-corrected chi connectivity index (χ4v) is 3.22. The molecular weight excluding hydrogens is 405 g/mol. The molecule has 0 aliphatic heterocycles. The zero-order valence-corrected chi connectivity index (χ0v) is 16.7. The fourth-order valence-electron chi connectivity index (χ4n) is 3.22. The number of aryl methyl sites for hydroxylation is 1. The van der Waals surface area contributed by atoms with Gasteiger partial charge in [0.25, 0.3) is 17.4 Å². The van der Waals surface area contributed by atoms with E-state index in [1.807, 2.05) is 0 Å². The Kier molecular flexibility index (Phi) is 5.37. The highest BCUT2D eigenvalue weighted by Gasteiger charge is 2.27. The summed E-state index contributed by atoms with van der Waals surface area (Å²) < 4.78 is 15.0. The molecule has 0 bridgehead atoms. The minimum atomic E-state index is -0.600. The average molecular weight is 425 g/mol. The zero-order valence-electron chi connectivity index (χ0n) is 16.7. The summed E-state index contributed by atoms with van der Waals surface area (Å²) in [6.07, 6.45) is 2.99. The molecule has 2 heterocycles. The summed E-state index contributed by atoms with van der Waals surface area (Å²) in [6.45, 7) is 1.85. The first-order valence-electron chi connectivity index (χ1n) is 9.82. The van der Waals surface area contributed by atoms with E-state index >= 15 is 0 Å². The molecule has 0 unspecified atom stereocenters. The van der Waals surface area contributed by atoms with Crippen molar-refractivity contribution in [3.8, 4) is 0 Å². The van der Waals surface area contributed by atoms with Gasteiger partial charge < -0.3 is 10.6 Å². The van der Waals surface area contributed by atoms with Crippen LogP contribution < -0.4 is 21.9 Å². The SMILES string of the molecule is Cc1ccc(C(=O)NCCNC(=O)c2cnc3c(c2)c(=O)[nH]c(=O)n3C2CC2)cc1F. The summed E-state index contributed by atoms with van der Waals surface area (Å²) in [7, 11) is 0. The Morgan fingerprint density at radius 1 is 1.13 bits per heavy atom. The second-order valence-corrected chi connectivity index (χ2v) is 7.43. The van der Waals surface area contributed by atoms with E-state index in [9.17, 15) is 23.6 Å². The largest absolute Gasteiger partial charge is 0.350 e. The standard InChI is InChI=1S/C21H20FN5O4/c1-11-2-3-12(9-16(11)22)18(28)23-6-7-24-19(29)13-8-15-17(25-10-13)27(14-4-5-14)21(31)26-20(15)30/h2-3,8-10,14H,4-7H2,1H3,(H,23,28)(H,24,29)(H,26,30,31). The van der Waals surface area contributed by atoms with E-state index in [0.29, 0.717) is 5.56 Å². The van der Waals surface area contributed by atoms with Crippen LogP contribution in [0.5, 0.6) is 0 Å².